The minimum Gasteiger partial charge on any atom is -0.444 e. The van der Waals surface area contributed by atoms with Gasteiger partial charge < -0.3 is 20.3 Å². The predicted molar refractivity (Wildman–Crippen MR) is 93.6 cm³/mol. The number of nitrogens with one attached hydrogen (secondary N) is 2. The number of nitrogens with zero attached hydrogens (tertiary/aromatic N) is 1. The molecule has 1 heterocycles. The van der Waals surface area contributed by atoms with E-state index in [1.54, 1.807) is 0 Å². The van der Waals surface area contributed by atoms with E-state index in [-0.39, 0.29) is 12.1 Å². The Morgan fingerprint density at radius 2 is 1.78 bits per heavy atom. The van der Waals surface area contributed by atoms with Crippen molar-refractivity contribution in [2.24, 2.45) is 5.92 Å². The fourth-order valence-electron chi connectivity index (χ4n) is 3.61. The third kappa shape index (κ3) is 7.08. The lowest BCUT2D eigenvalue weighted by Crippen LogP contribution is -2.39. The molecule has 1 saturated heterocycles. The van der Waals surface area contributed by atoms with Gasteiger partial charge in [0.2, 0.25) is 0 Å². The molecule has 23 heavy (non-hydrogen) atoms. The lowest BCUT2D eigenvalue weighted by molar-refractivity contribution is 0.0505. The first kappa shape index (κ1) is 18.5. The molecule has 5 heteroatoms. The number of hydrogen-bond acceptors (Lipinski definition) is 4. The smallest absolute Gasteiger partial charge is 0.407 e. The van der Waals surface area contributed by atoms with Crippen LogP contribution in [0.2, 0.25) is 0 Å². The maximum Gasteiger partial charge on any atom is 0.407 e. The van der Waals surface area contributed by atoms with Gasteiger partial charge in [-0.05, 0) is 91.9 Å². The van der Waals surface area contributed by atoms with Crippen molar-refractivity contribution in [3.8, 4) is 0 Å². The van der Waals surface area contributed by atoms with Crippen molar-refractivity contribution in [1.82, 2.24) is 15.5 Å². The van der Waals surface area contributed by atoms with Crippen LogP contribution in [0.25, 0.3) is 0 Å². The van der Waals surface area contributed by atoms with Gasteiger partial charge in [-0.2, -0.15) is 0 Å². The number of ether oxygens (including phenoxy) is 1. The molecule has 1 aliphatic heterocycles. The fraction of sp³-hybridized carbons (Fsp3) is 0.944. The minimum absolute atomic E-state index is 0.255. The van der Waals surface area contributed by atoms with Crippen LogP contribution in [0.4, 0.5) is 4.79 Å². The van der Waals surface area contributed by atoms with Crippen LogP contribution in [0.15, 0.2) is 0 Å². The largest absolute Gasteiger partial charge is 0.444 e. The van der Waals surface area contributed by atoms with E-state index in [4.69, 9.17) is 4.74 Å². The second-order valence-corrected chi connectivity index (χ2v) is 8.34. The average molecular weight is 325 g/mol. The van der Waals surface area contributed by atoms with Crippen LogP contribution in [0.1, 0.15) is 59.3 Å². The van der Waals surface area contributed by atoms with Crippen LogP contribution in [-0.2, 0) is 4.74 Å². The van der Waals surface area contributed by atoms with Crippen molar-refractivity contribution in [2.45, 2.75) is 77.0 Å². The number of piperidine rings is 1. The van der Waals surface area contributed by atoms with Crippen LogP contribution in [0, 0.1) is 5.92 Å². The van der Waals surface area contributed by atoms with Crippen molar-refractivity contribution in [2.75, 3.05) is 26.7 Å². The Bertz CT molecular complexity index is 373. The highest BCUT2D eigenvalue weighted by Crippen LogP contribution is 2.22. The van der Waals surface area contributed by atoms with Gasteiger partial charge >= 0.3 is 6.09 Å². The number of alkyl carbamates (subject to hydrolysis) is 1. The van der Waals surface area contributed by atoms with Gasteiger partial charge in [0.05, 0.1) is 0 Å². The van der Waals surface area contributed by atoms with Crippen LogP contribution in [0.3, 0.4) is 0 Å². The number of amides is 1. The molecule has 2 N–H and O–H groups in total. The molecule has 0 aromatic rings. The third-order valence-corrected chi connectivity index (χ3v) is 4.98. The molecule has 0 spiro atoms. The quantitative estimate of drug-likeness (QED) is 0.816. The van der Waals surface area contributed by atoms with E-state index in [1.165, 1.54) is 32.4 Å². The van der Waals surface area contributed by atoms with Crippen molar-refractivity contribution >= 4 is 6.09 Å². The molecule has 5 nitrogen and oxygen atoms in total. The molecular formula is C18H35N3O2. The SMILES string of the molecule is CN1CCC(CCNC2CCC(NC(=O)OC(C)(C)C)C2)CC1. The molecule has 1 saturated carbocycles. The summed E-state index contributed by atoms with van der Waals surface area (Å²) < 4.78 is 5.33. The molecule has 2 atom stereocenters. The molecule has 0 bridgehead atoms. The summed E-state index contributed by atoms with van der Waals surface area (Å²) in [6, 6.07) is 0.798. The van der Waals surface area contributed by atoms with Crippen molar-refractivity contribution in [3.63, 3.8) is 0 Å². The Balaban J connectivity index is 1.57. The molecular weight excluding hydrogens is 290 g/mol. The summed E-state index contributed by atoms with van der Waals surface area (Å²) in [7, 11) is 2.21. The summed E-state index contributed by atoms with van der Waals surface area (Å²) >= 11 is 0. The molecule has 2 unspecified atom stereocenters. The average Bonchev–Trinajstić information content (AvgIpc) is 2.86. The zero-order valence-corrected chi connectivity index (χ0v) is 15.4. The summed E-state index contributed by atoms with van der Waals surface area (Å²) in [5.74, 6) is 0.885. The Morgan fingerprint density at radius 1 is 1.13 bits per heavy atom. The summed E-state index contributed by atoms with van der Waals surface area (Å²) in [5.41, 5.74) is -0.422. The zero-order chi connectivity index (χ0) is 16.9. The molecule has 0 aromatic heterocycles. The zero-order valence-electron chi connectivity index (χ0n) is 15.4. The predicted octanol–water partition coefficient (Wildman–Crippen LogP) is 2.75. The normalized spacial score (nSPS) is 27.1. The van der Waals surface area contributed by atoms with E-state index < -0.39 is 5.60 Å². The van der Waals surface area contributed by atoms with Crippen LogP contribution in [-0.4, -0.2) is 55.4 Å². The highest BCUT2D eigenvalue weighted by atomic mass is 16.6. The van der Waals surface area contributed by atoms with Gasteiger partial charge in [0.15, 0.2) is 0 Å². The number of hydrogen-bond donors (Lipinski definition) is 2. The summed E-state index contributed by atoms with van der Waals surface area (Å²) in [6.45, 7) is 9.29. The highest BCUT2D eigenvalue weighted by molar-refractivity contribution is 5.68. The van der Waals surface area contributed by atoms with Crippen LogP contribution >= 0.6 is 0 Å². The van der Waals surface area contributed by atoms with Gasteiger partial charge in [-0.3, -0.25) is 0 Å². The van der Waals surface area contributed by atoms with Crippen LogP contribution in [0.5, 0.6) is 0 Å². The molecule has 2 rings (SSSR count). The first-order valence-electron chi connectivity index (χ1n) is 9.23. The summed E-state index contributed by atoms with van der Waals surface area (Å²) in [6.07, 6.45) is 6.90. The molecule has 134 valence electrons. The van der Waals surface area contributed by atoms with Crippen molar-refractivity contribution in [3.05, 3.63) is 0 Å². The van der Waals surface area contributed by atoms with Gasteiger partial charge in [-0.1, -0.05) is 0 Å². The van der Waals surface area contributed by atoms with E-state index in [0.29, 0.717) is 6.04 Å². The minimum atomic E-state index is -0.422. The van der Waals surface area contributed by atoms with Gasteiger partial charge in [-0.25, -0.2) is 4.79 Å². The van der Waals surface area contributed by atoms with E-state index in [1.807, 2.05) is 20.8 Å². The van der Waals surface area contributed by atoms with Gasteiger partial charge in [0.25, 0.3) is 0 Å². The first-order chi connectivity index (χ1) is 10.8. The second-order valence-electron chi connectivity index (χ2n) is 8.34. The maximum atomic E-state index is 11.8. The molecule has 1 aliphatic carbocycles. The topological polar surface area (TPSA) is 53.6 Å². The summed E-state index contributed by atoms with van der Waals surface area (Å²) in [5, 5.41) is 6.69. The maximum absolute atomic E-state index is 11.8. The second kappa shape index (κ2) is 8.34. The van der Waals surface area contributed by atoms with E-state index >= 15 is 0 Å². The van der Waals surface area contributed by atoms with E-state index in [2.05, 4.69) is 22.6 Å². The molecule has 0 aromatic carbocycles. The van der Waals surface area contributed by atoms with Gasteiger partial charge in [0.1, 0.15) is 5.60 Å². The van der Waals surface area contributed by atoms with E-state index in [9.17, 15) is 4.79 Å². The van der Waals surface area contributed by atoms with Crippen molar-refractivity contribution < 1.29 is 9.53 Å². The first-order valence-corrected chi connectivity index (χ1v) is 9.23. The summed E-state index contributed by atoms with van der Waals surface area (Å²) in [4.78, 5) is 14.2. The lowest BCUT2D eigenvalue weighted by atomic mass is 9.94. The molecule has 0 radical (unpaired) electrons. The van der Waals surface area contributed by atoms with E-state index in [0.717, 1.165) is 31.7 Å². The molecule has 2 fully saturated rings. The fourth-order valence-corrected chi connectivity index (χ4v) is 3.61. The molecule has 1 amide bonds. The Kier molecular flexibility index (Phi) is 6.72. The Hall–Kier alpha value is -0.810. The number of carbonyl (C=O) groups excluding carboxylic acids is 1. The number of carbonyl (C=O) groups is 1. The van der Waals surface area contributed by atoms with Crippen molar-refractivity contribution in [1.29, 1.82) is 0 Å². The third-order valence-electron chi connectivity index (χ3n) is 4.98. The van der Waals surface area contributed by atoms with Crippen LogP contribution < -0.4 is 10.6 Å². The Morgan fingerprint density at radius 3 is 2.43 bits per heavy atom. The van der Waals surface area contributed by atoms with Gasteiger partial charge in [-0.15, -0.1) is 0 Å². The molecule has 2 aliphatic rings. The number of rotatable bonds is 5. The lowest BCUT2D eigenvalue weighted by Gasteiger charge is -2.29. The Labute approximate surface area is 141 Å². The van der Waals surface area contributed by atoms with Gasteiger partial charge in [0, 0.05) is 12.1 Å². The highest BCUT2D eigenvalue weighted by Gasteiger charge is 2.27. The standard InChI is InChI=1S/C18H35N3O2/c1-18(2,3)23-17(22)20-16-6-5-15(13-16)19-10-7-14-8-11-21(4)12-9-14/h14-16,19H,5-13H2,1-4H3,(H,20,22). The monoisotopic (exact) mass is 325 g/mol. The number of likely N-dealkylation sites (tertiary alicyclic amines) is 1.